The minimum absolute atomic E-state index is 0.0642. The van der Waals surface area contributed by atoms with E-state index in [4.69, 9.17) is 5.11 Å². The van der Waals surface area contributed by atoms with E-state index in [0.717, 1.165) is 23.9 Å². The van der Waals surface area contributed by atoms with Gasteiger partial charge in [-0.25, -0.2) is 22.0 Å². The molecule has 3 rings (SSSR count). The Morgan fingerprint density at radius 2 is 2.04 bits per heavy atom. The van der Waals surface area contributed by atoms with E-state index >= 15 is 0 Å². The lowest BCUT2D eigenvalue weighted by molar-refractivity contribution is -0.143. The maximum atomic E-state index is 14.3. The number of nitrogens with zero attached hydrogens (tertiary/aromatic N) is 2. The zero-order valence-corrected chi connectivity index (χ0v) is 15.3. The van der Waals surface area contributed by atoms with Crippen LogP contribution in [-0.2, 0) is 24.2 Å². The first-order valence-corrected chi connectivity index (χ1v) is 10.4. The lowest BCUT2D eigenvalue weighted by Crippen LogP contribution is -2.38. The predicted molar refractivity (Wildman–Crippen MR) is 93.6 cm³/mol. The molecule has 2 heterocycles. The third-order valence-electron chi connectivity index (χ3n) is 3.91. The normalized spacial score (nSPS) is 25.0. The van der Waals surface area contributed by atoms with Crippen molar-refractivity contribution in [1.29, 1.82) is 0 Å². The van der Waals surface area contributed by atoms with Crippen LogP contribution in [0.1, 0.15) is 0 Å². The van der Waals surface area contributed by atoms with Crippen LogP contribution in [0, 0.1) is 11.6 Å². The lowest BCUT2D eigenvalue weighted by Gasteiger charge is -2.24. The van der Waals surface area contributed by atoms with Gasteiger partial charge in [-0.2, -0.15) is 4.99 Å². The number of carboxylic acids is 1. The molecule has 0 unspecified atom stereocenters. The average Bonchev–Trinajstić information content (AvgIpc) is 2.98. The number of hydrogen-bond acceptors (Lipinski definition) is 6. The van der Waals surface area contributed by atoms with Crippen LogP contribution in [0.15, 0.2) is 23.2 Å². The summed E-state index contributed by atoms with van der Waals surface area (Å²) >= 11 is 1.01. The maximum Gasteiger partial charge on any atom is 0.329 e. The number of anilines is 1. The molecule has 27 heavy (non-hydrogen) atoms. The van der Waals surface area contributed by atoms with Crippen molar-refractivity contribution < 1.29 is 36.6 Å². The molecular formula is C15H14F2N2O6S2. The molecule has 0 radical (unpaired) electrons. The van der Waals surface area contributed by atoms with Crippen molar-refractivity contribution >= 4 is 44.3 Å². The Labute approximate surface area is 157 Å². The van der Waals surface area contributed by atoms with Gasteiger partial charge in [0.15, 0.2) is 15.0 Å². The number of carbonyl (C=O) groups excluding carboxylic acids is 1. The average molecular weight is 420 g/mol. The van der Waals surface area contributed by atoms with E-state index in [2.05, 4.69) is 9.73 Å². The number of rotatable bonds is 5. The van der Waals surface area contributed by atoms with Gasteiger partial charge in [-0.3, -0.25) is 4.79 Å². The molecule has 0 spiro atoms. The summed E-state index contributed by atoms with van der Waals surface area (Å²) in [5, 5.41) is 8.11. The third kappa shape index (κ3) is 4.45. The molecule has 146 valence electrons. The predicted octanol–water partition coefficient (Wildman–Crippen LogP) is 0.667. The van der Waals surface area contributed by atoms with E-state index < -0.39 is 57.9 Å². The van der Waals surface area contributed by atoms with Gasteiger partial charge in [0.25, 0.3) is 5.91 Å². The van der Waals surface area contributed by atoms with Crippen LogP contribution < -0.4 is 4.90 Å². The number of carbonyl (C=O) groups is 2. The van der Waals surface area contributed by atoms with Gasteiger partial charge in [0, 0.05) is 11.3 Å². The Morgan fingerprint density at radius 3 is 2.70 bits per heavy atom. The lowest BCUT2D eigenvalue weighted by atomic mass is 10.2. The summed E-state index contributed by atoms with van der Waals surface area (Å²) in [6.07, 6.45) is 0. The Balaban J connectivity index is 1.89. The molecule has 2 saturated heterocycles. The number of aliphatic imine (C=N–C) groups is 1. The Kier molecular flexibility index (Phi) is 5.49. The van der Waals surface area contributed by atoms with Gasteiger partial charge in [0.05, 0.1) is 23.2 Å². The fraction of sp³-hybridized carbons (Fsp3) is 0.400. The number of amides is 1. The minimum Gasteiger partial charge on any atom is -0.480 e. The fourth-order valence-electron chi connectivity index (χ4n) is 2.89. The van der Waals surface area contributed by atoms with Crippen LogP contribution in [0.4, 0.5) is 14.5 Å². The van der Waals surface area contributed by atoms with Gasteiger partial charge >= 0.3 is 5.97 Å². The van der Waals surface area contributed by atoms with E-state index in [1.54, 1.807) is 0 Å². The molecule has 1 aromatic carbocycles. The van der Waals surface area contributed by atoms with Crippen molar-refractivity contribution in [2.24, 2.45) is 4.99 Å². The van der Waals surface area contributed by atoms with E-state index in [1.165, 1.54) is 4.90 Å². The summed E-state index contributed by atoms with van der Waals surface area (Å²) in [5.74, 6) is -4.15. The molecule has 1 aromatic rings. The van der Waals surface area contributed by atoms with Crippen molar-refractivity contribution in [3.05, 3.63) is 29.8 Å². The zero-order chi connectivity index (χ0) is 19.8. The third-order valence-corrected chi connectivity index (χ3v) is 7.12. The molecule has 2 fully saturated rings. The first-order valence-electron chi connectivity index (χ1n) is 7.69. The Hall–Kier alpha value is -2.05. The number of benzene rings is 1. The van der Waals surface area contributed by atoms with Crippen LogP contribution in [0.5, 0.6) is 0 Å². The number of fused-ring (bicyclic) bond motifs is 1. The quantitative estimate of drug-likeness (QED) is 0.740. The van der Waals surface area contributed by atoms with Gasteiger partial charge in [0.1, 0.15) is 24.8 Å². The summed E-state index contributed by atoms with van der Waals surface area (Å²) < 4.78 is 56.0. The number of hydrogen-bond donors (Lipinski definition) is 1. The number of amidine groups is 1. The van der Waals surface area contributed by atoms with Crippen molar-refractivity contribution in [1.82, 2.24) is 0 Å². The number of thioether (sulfide) groups is 1. The first-order chi connectivity index (χ1) is 12.7. The van der Waals surface area contributed by atoms with E-state index in [-0.39, 0.29) is 22.4 Å². The number of carboxylic acid groups (broad SMARTS) is 1. The summed E-state index contributed by atoms with van der Waals surface area (Å²) in [4.78, 5) is 27.4. The molecule has 2 atom stereocenters. The molecule has 0 aromatic heterocycles. The van der Waals surface area contributed by atoms with Gasteiger partial charge in [-0.05, 0) is 12.1 Å². The SMILES string of the molecule is O=C(O)COCC(=O)N=C1S[C@H]2CS(=O)(=O)C[C@@H]2N1c1ccc(F)cc1F. The molecule has 12 heteroatoms. The molecule has 1 amide bonds. The maximum absolute atomic E-state index is 14.3. The van der Waals surface area contributed by atoms with Crippen molar-refractivity contribution in [2.45, 2.75) is 11.3 Å². The second kappa shape index (κ2) is 7.52. The molecule has 2 aliphatic heterocycles. The van der Waals surface area contributed by atoms with Crippen molar-refractivity contribution in [3.63, 3.8) is 0 Å². The van der Waals surface area contributed by atoms with Crippen molar-refractivity contribution in [3.8, 4) is 0 Å². The largest absolute Gasteiger partial charge is 0.480 e. The molecule has 1 N–H and O–H groups in total. The van der Waals surface area contributed by atoms with Crippen LogP contribution in [-0.4, -0.2) is 66.6 Å². The molecule has 0 saturated carbocycles. The van der Waals surface area contributed by atoms with Crippen LogP contribution in [0.3, 0.4) is 0 Å². The highest BCUT2D eigenvalue weighted by Crippen LogP contribution is 2.41. The highest BCUT2D eigenvalue weighted by Gasteiger charge is 2.50. The fourth-order valence-corrected chi connectivity index (χ4v) is 6.81. The number of ether oxygens (including phenoxy) is 1. The Morgan fingerprint density at radius 1 is 1.30 bits per heavy atom. The minimum atomic E-state index is -3.33. The molecule has 0 bridgehead atoms. The highest BCUT2D eigenvalue weighted by molar-refractivity contribution is 8.16. The molecule has 2 aliphatic rings. The topological polar surface area (TPSA) is 113 Å². The summed E-state index contributed by atoms with van der Waals surface area (Å²) in [5.41, 5.74) is -0.0912. The zero-order valence-electron chi connectivity index (χ0n) is 13.7. The first kappa shape index (κ1) is 19.7. The molecular weight excluding hydrogens is 406 g/mol. The summed E-state index contributed by atoms with van der Waals surface area (Å²) in [6.45, 7) is -1.27. The van der Waals surface area contributed by atoms with Gasteiger partial charge < -0.3 is 14.7 Å². The smallest absolute Gasteiger partial charge is 0.329 e. The summed E-state index contributed by atoms with van der Waals surface area (Å²) in [6, 6.07) is 2.19. The second-order valence-corrected chi connectivity index (χ2v) is 9.30. The van der Waals surface area contributed by atoms with Gasteiger partial charge in [-0.15, -0.1) is 0 Å². The van der Waals surface area contributed by atoms with Crippen molar-refractivity contribution in [2.75, 3.05) is 29.6 Å². The van der Waals surface area contributed by atoms with Crippen LogP contribution in [0.25, 0.3) is 0 Å². The van der Waals surface area contributed by atoms with Crippen LogP contribution in [0.2, 0.25) is 0 Å². The molecule has 8 nitrogen and oxygen atoms in total. The van der Waals surface area contributed by atoms with Crippen LogP contribution >= 0.6 is 11.8 Å². The number of sulfone groups is 1. The van der Waals surface area contributed by atoms with E-state index in [9.17, 15) is 26.8 Å². The number of halogens is 2. The highest BCUT2D eigenvalue weighted by atomic mass is 32.2. The molecule has 0 aliphatic carbocycles. The summed E-state index contributed by atoms with van der Waals surface area (Å²) in [7, 11) is -3.33. The standard InChI is InChI=1S/C15H14F2N2O6S2/c16-8-1-2-10(9(17)3-8)19-11-6-27(23,24)7-12(11)26-15(19)18-13(20)4-25-5-14(21)22/h1-3,11-12H,4-7H2,(H,21,22)/t11-,12-/m0/s1. The second-order valence-electron chi connectivity index (χ2n) is 5.94. The Bertz CT molecular complexity index is 921. The van der Waals surface area contributed by atoms with E-state index in [0.29, 0.717) is 6.07 Å². The van der Waals surface area contributed by atoms with Gasteiger partial charge in [-0.1, -0.05) is 11.8 Å². The monoisotopic (exact) mass is 420 g/mol. The van der Waals surface area contributed by atoms with E-state index in [1.807, 2.05) is 0 Å². The number of aliphatic carboxylic acids is 1. The van der Waals surface area contributed by atoms with Gasteiger partial charge in [0.2, 0.25) is 0 Å².